The van der Waals surface area contributed by atoms with Gasteiger partial charge in [0.05, 0.1) is 18.7 Å². The molecule has 1 aromatic carbocycles. The lowest BCUT2D eigenvalue weighted by atomic mass is 10.1. The Morgan fingerprint density at radius 1 is 1.32 bits per heavy atom. The second-order valence-corrected chi connectivity index (χ2v) is 4.71. The maximum atomic E-state index is 6.00. The van der Waals surface area contributed by atoms with Crippen LogP contribution in [0, 0.1) is 6.92 Å². The molecule has 2 rings (SSSR count). The first-order valence-corrected chi connectivity index (χ1v) is 6.37. The molecular formula is C14H16ClN3O. The van der Waals surface area contributed by atoms with E-state index in [1.807, 2.05) is 31.2 Å². The molecule has 5 heteroatoms. The van der Waals surface area contributed by atoms with Gasteiger partial charge in [-0.1, -0.05) is 23.7 Å². The molecule has 1 atom stereocenters. The van der Waals surface area contributed by atoms with Gasteiger partial charge in [-0.15, -0.1) is 0 Å². The fraction of sp³-hybridized carbons (Fsp3) is 0.286. The number of aromatic nitrogens is 2. The number of nitrogens with one attached hydrogen (secondary N) is 1. The van der Waals surface area contributed by atoms with E-state index in [1.54, 1.807) is 7.11 Å². The van der Waals surface area contributed by atoms with Gasteiger partial charge in [0, 0.05) is 5.02 Å². The third kappa shape index (κ3) is 3.15. The number of halogens is 1. The van der Waals surface area contributed by atoms with Crippen molar-refractivity contribution >= 4 is 17.4 Å². The molecule has 100 valence electrons. The van der Waals surface area contributed by atoms with Crippen LogP contribution in [-0.2, 0) is 0 Å². The molecule has 19 heavy (non-hydrogen) atoms. The third-order valence-corrected chi connectivity index (χ3v) is 3.17. The molecule has 0 aliphatic carbocycles. The molecule has 0 aliphatic heterocycles. The van der Waals surface area contributed by atoms with E-state index in [2.05, 4.69) is 22.2 Å². The zero-order valence-electron chi connectivity index (χ0n) is 11.1. The molecule has 0 bridgehead atoms. The van der Waals surface area contributed by atoms with Crippen LogP contribution < -0.4 is 10.1 Å². The number of anilines is 1. The maximum absolute atomic E-state index is 6.00. The Morgan fingerprint density at radius 2 is 2.11 bits per heavy atom. The molecule has 0 saturated carbocycles. The Bertz CT molecular complexity index is 574. The summed E-state index contributed by atoms with van der Waals surface area (Å²) >= 11 is 6.00. The highest BCUT2D eigenvalue weighted by Gasteiger charge is 2.11. The van der Waals surface area contributed by atoms with Crippen molar-refractivity contribution in [2.45, 2.75) is 19.9 Å². The van der Waals surface area contributed by atoms with Crippen LogP contribution in [0.3, 0.4) is 0 Å². The summed E-state index contributed by atoms with van der Waals surface area (Å²) in [5, 5.41) is 4.06. The summed E-state index contributed by atoms with van der Waals surface area (Å²) in [7, 11) is 1.60. The normalized spacial score (nSPS) is 12.0. The van der Waals surface area contributed by atoms with Gasteiger partial charge in [0.15, 0.2) is 0 Å². The highest BCUT2D eigenvalue weighted by atomic mass is 35.5. The molecule has 1 N–H and O–H groups in total. The van der Waals surface area contributed by atoms with E-state index in [4.69, 9.17) is 16.3 Å². The van der Waals surface area contributed by atoms with E-state index in [-0.39, 0.29) is 6.04 Å². The monoisotopic (exact) mass is 277 g/mol. The Hall–Kier alpha value is -1.81. The topological polar surface area (TPSA) is 47.0 Å². The highest BCUT2D eigenvalue weighted by molar-refractivity contribution is 6.30. The molecule has 0 saturated heterocycles. The molecule has 0 aliphatic rings. The van der Waals surface area contributed by atoms with Crippen molar-refractivity contribution in [2.24, 2.45) is 0 Å². The average Bonchev–Trinajstić information content (AvgIpc) is 2.41. The molecule has 1 aromatic heterocycles. The standard InChI is InChI=1S/C14H16ClN3O/c1-9-13(16-8-17-14(9)19-3)18-10(2)11-5-4-6-12(15)7-11/h4-8,10H,1-3H3,(H,16,17,18). The number of rotatable bonds is 4. The van der Waals surface area contributed by atoms with Crippen LogP contribution in [0.25, 0.3) is 0 Å². The van der Waals surface area contributed by atoms with E-state index in [0.29, 0.717) is 5.88 Å². The van der Waals surface area contributed by atoms with E-state index in [9.17, 15) is 0 Å². The summed E-state index contributed by atoms with van der Waals surface area (Å²) in [5.41, 5.74) is 1.99. The largest absolute Gasteiger partial charge is 0.481 e. The van der Waals surface area contributed by atoms with Crippen molar-refractivity contribution in [1.82, 2.24) is 9.97 Å². The maximum Gasteiger partial charge on any atom is 0.221 e. The van der Waals surface area contributed by atoms with Gasteiger partial charge >= 0.3 is 0 Å². The average molecular weight is 278 g/mol. The first-order valence-electron chi connectivity index (χ1n) is 5.99. The SMILES string of the molecule is COc1ncnc(NC(C)c2cccc(Cl)c2)c1C. The quantitative estimate of drug-likeness (QED) is 0.927. The summed E-state index contributed by atoms with van der Waals surface area (Å²) in [6.07, 6.45) is 1.48. The van der Waals surface area contributed by atoms with E-state index < -0.39 is 0 Å². The van der Waals surface area contributed by atoms with Crippen molar-refractivity contribution in [2.75, 3.05) is 12.4 Å². The zero-order valence-corrected chi connectivity index (χ0v) is 11.9. The molecule has 0 spiro atoms. The summed E-state index contributed by atoms with van der Waals surface area (Å²) in [6.45, 7) is 3.98. The Labute approximate surface area is 117 Å². The van der Waals surface area contributed by atoms with Crippen molar-refractivity contribution in [1.29, 1.82) is 0 Å². The fourth-order valence-corrected chi connectivity index (χ4v) is 2.05. The predicted molar refractivity (Wildman–Crippen MR) is 76.8 cm³/mol. The van der Waals surface area contributed by atoms with Crippen molar-refractivity contribution < 1.29 is 4.74 Å². The van der Waals surface area contributed by atoms with Crippen LogP contribution in [-0.4, -0.2) is 17.1 Å². The number of methoxy groups -OCH3 is 1. The summed E-state index contributed by atoms with van der Waals surface area (Å²) in [4.78, 5) is 8.30. The summed E-state index contributed by atoms with van der Waals surface area (Å²) in [6, 6.07) is 7.85. The van der Waals surface area contributed by atoms with Crippen LogP contribution in [0.5, 0.6) is 5.88 Å². The number of nitrogens with zero attached hydrogens (tertiary/aromatic N) is 2. The molecule has 0 radical (unpaired) electrons. The van der Waals surface area contributed by atoms with Gasteiger partial charge < -0.3 is 10.1 Å². The number of benzene rings is 1. The van der Waals surface area contributed by atoms with Crippen molar-refractivity contribution in [3.8, 4) is 5.88 Å². The van der Waals surface area contributed by atoms with E-state index >= 15 is 0 Å². The minimum Gasteiger partial charge on any atom is -0.481 e. The number of ether oxygens (including phenoxy) is 1. The molecule has 2 aromatic rings. The van der Waals surface area contributed by atoms with Gasteiger partial charge in [-0.05, 0) is 31.5 Å². The first-order chi connectivity index (χ1) is 9.11. The lowest BCUT2D eigenvalue weighted by Gasteiger charge is -2.17. The Kier molecular flexibility index (Phi) is 4.22. The van der Waals surface area contributed by atoms with Gasteiger partial charge in [0.2, 0.25) is 5.88 Å². The second-order valence-electron chi connectivity index (χ2n) is 4.28. The van der Waals surface area contributed by atoms with Crippen LogP contribution in [0.2, 0.25) is 5.02 Å². The fourth-order valence-electron chi connectivity index (χ4n) is 1.85. The minimum absolute atomic E-state index is 0.0945. The number of hydrogen-bond acceptors (Lipinski definition) is 4. The van der Waals surface area contributed by atoms with Crippen molar-refractivity contribution in [3.63, 3.8) is 0 Å². The highest BCUT2D eigenvalue weighted by Crippen LogP contribution is 2.25. The number of hydrogen-bond donors (Lipinski definition) is 1. The van der Waals surface area contributed by atoms with Crippen LogP contribution >= 0.6 is 11.6 Å². The van der Waals surface area contributed by atoms with Crippen molar-refractivity contribution in [3.05, 3.63) is 46.7 Å². The van der Waals surface area contributed by atoms with Crippen LogP contribution in [0.1, 0.15) is 24.1 Å². The van der Waals surface area contributed by atoms with Gasteiger partial charge in [-0.2, -0.15) is 0 Å². The predicted octanol–water partition coefficient (Wildman–Crippen LogP) is 3.62. The zero-order chi connectivity index (χ0) is 13.8. The minimum atomic E-state index is 0.0945. The molecule has 0 fully saturated rings. The van der Waals surface area contributed by atoms with Gasteiger partial charge in [-0.3, -0.25) is 0 Å². The van der Waals surface area contributed by atoms with Crippen LogP contribution in [0.15, 0.2) is 30.6 Å². The van der Waals surface area contributed by atoms with Crippen LogP contribution in [0.4, 0.5) is 5.82 Å². The molecule has 0 amide bonds. The second kappa shape index (κ2) is 5.89. The Balaban J connectivity index is 2.21. The lowest BCUT2D eigenvalue weighted by molar-refractivity contribution is 0.393. The summed E-state index contributed by atoms with van der Waals surface area (Å²) in [5.74, 6) is 1.34. The van der Waals surface area contributed by atoms with E-state index in [0.717, 1.165) is 22.0 Å². The van der Waals surface area contributed by atoms with E-state index in [1.165, 1.54) is 6.33 Å². The molecule has 1 unspecified atom stereocenters. The van der Waals surface area contributed by atoms with Gasteiger partial charge in [0.25, 0.3) is 0 Å². The molecule has 1 heterocycles. The van der Waals surface area contributed by atoms with Gasteiger partial charge in [0.1, 0.15) is 12.1 Å². The molecule has 4 nitrogen and oxygen atoms in total. The molecular weight excluding hydrogens is 262 g/mol. The summed E-state index contributed by atoms with van der Waals surface area (Å²) < 4.78 is 5.18. The Morgan fingerprint density at radius 3 is 2.79 bits per heavy atom. The smallest absolute Gasteiger partial charge is 0.221 e. The lowest BCUT2D eigenvalue weighted by Crippen LogP contribution is -2.10. The van der Waals surface area contributed by atoms with Gasteiger partial charge in [-0.25, -0.2) is 9.97 Å². The first kappa shape index (κ1) is 13.6. The third-order valence-electron chi connectivity index (χ3n) is 2.93.